The Labute approximate surface area is 200 Å². The average Bonchev–Trinajstić information content (AvgIpc) is 2.73. The molecule has 0 spiro atoms. The molecule has 0 unspecified atom stereocenters. The molecule has 0 aromatic heterocycles. The topological polar surface area (TPSA) is 109 Å². The van der Waals surface area contributed by atoms with Gasteiger partial charge in [-0.1, -0.05) is 22.9 Å². The van der Waals surface area contributed by atoms with Crippen molar-refractivity contribution in [2.24, 2.45) is 0 Å². The highest BCUT2D eigenvalue weighted by Crippen LogP contribution is 2.24. The molecule has 32 heavy (non-hydrogen) atoms. The van der Waals surface area contributed by atoms with Crippen LogP contribution in [0.4, 0.5) is 5.69 Å². The van der Waals surface area contributed by atoms with Gasteiger partial charge in [-0.2, -0.15) is 0 Å². The standard InChI is InChI=1S/C22H25BrN4O4S/c1-4-5-19(28)24-16-9-6-14(7-10-16)20(29)26-27-22(32)25-21(30)17-12-15(23)8-11-18(17)31-13(2)3/h6-13H,4-5H2,1-3H3,(H,24,28)(H,26,29)(H2,25,27,30,32). The molecule has 0 heterocycles. The number of carbonyl (C=O) groups excluding carboxylic acids is 3. The van der Waals surface area contributed by atoms with Crippen LogP contribution in [0.15, 0.2) is 46.9 Å². The molecule has 2 aromatic carbocycles. The van der Waals surface area contributed by atoms with Gasteiger partial charge in [0.1, 0.15) is 5.75 Å². The lowest BCUT2D eigenvalue weighted by Crippen LogP contribution is -2.48. The number of ether oxygens (including phenoxy) is 1. The van der Waals surface area contributed by atoms with E-state index in [0.29, 0.717) is 33.5 Å². The van der Waals surface area contributed by atoms with Gasteiger partial charge in [-0.15, -0.1) is 0 Å². The van der Waals surface area contributed by atoms with Gasteiger partial charge in [-0.3, -0.25) is 30.6 Å². The van der Waals surface area contributed by atoms with Gasteiger partial charge in [0.05, 0.1) is 11.7 Å². The Hall–Kier alpha value is -2.98. The van der Waals surface area contributed by atoms with Crippen LogP contribution < -0.4 is 26.2 Å². The Bertz CT molecular complexity index is 996. The summed E-state index contributed by atoms with van der Waals surface area (Å²) in [6, 6.07) is 11.5. The van der Waals surface area contributed by atoms with Gasteiger partial charge in [0.2, 0.25) is 5.91 Å². The van der Waals surface area contributed by atoms with Crippen molar-refractivity contribution in [3.63, 3.8) is 0 Å². The lowest BCUT2D eigenvalue weighted by Gasteiger charge is -2.15. The molecule has 10 heteroatoms. The average molecular weight is 521 g/mol. The highest BCUT2D eigenvalue weighted by Gasteiger charge is 2.16. The molecular weight excluding hydrogens is 496 g/mol. The lowest BCUT2D eigenvalue weighted by atomic mass is 10.2. The number of nitrogens with one attached hydrogen (secondary N) is 4. The number of carbonyl (C=O) groups is 3. The van der Waals surface area contributed by atoms with E-state index in [0.717, 1.165) is 6.42 Å². The number of halogens is 1. The minimum absolute atomic E-state index is 0.0812. The number of hydrogen-bond donors (Lipinski definition) is 4. The molecule has 0 saturated carbocycles. The van der Waals surface area contributed by atoms with E-state index in [1.54, 1.807) is 42.5 Å². The van der Waals surface area contributed by atoms with Crippen LogP contribution in [0.2, 0.25) is 0 Å². The molecule has 0 radical (unpaired) electrons. The van der Waals surface area contributed by atoms with Crippen LogP contribution in [0.1, 0.15) is 54.3 Å². The zero-order valence-electron chi connectivity index (χ0n) is 18.0. The maximum Gasteiger partial charge on any atom is 0.269 e. The second-order valence-electron chi connectivity index (χ2n) is 7.04. The van der Waals surface area contributed by atoms with Crippen molar-refractivity contribution in [2.45, 2.75) is 39.7 Å². The van der Waals surface area contributed by atoms with Crippen LogP contribution in [0.3, 0.4) is 0 Å². The molecule has 0 atom stereocenters. The van der Waals surface area contributed by atoms with Gasteiger partial charge in [0.25, 0.3) is 11.8 Å². The van der Waals surface area contributed by atoms with Crippen LogP contribution in [0.25, 0.3) is 0 Å². The minimum Gasteiger partial charge on any atom is -0.490 e. The summed E-state index contributed by atoms with van der Waals surface area (Å²) >= 11 is 8.43. The van der Waals surface area contributed by atoms with Crippen LogP contribution in [0, 0.1) is 0 Å². The Morgan fingerprint density at radius 1 is 1.03 bits per heavy atom. The maximum absolute atomic E-state index is 12.6. The lowest BCUT2D eigenvalue weighted by molar-refractivity contribution is -0.116. The van der Waals surface area contributed by atoms with Gasteiger partial charge in [-0.05, 0) is 75.0 Å². The monoisotopic (exact) mass is 520 g/mol. The first-order valence-electron chi connectivity index (χ1n) is 9.97. The smallest absolute Gasteiger partial charge is 0.269 e. The first-order chi connectivity index (χ1) is 15.2. The largest absolute Gasteiger partial charge is 0.490 e. The molecule has 2 rings (SSSR count). The van der Waals surface area contributed by atoms with E-state index < -0.39 is 11.8 Å². The Morgan fingerprint density at radius 3 is 2.34 bits per heavy atom. The predicted octanol–water partition coefficient (Wildman–Crippen LogP) is 3.92. The molecule has 0 aliphatic rings. The van der Waals surface area contributed by atoms with E-state index >= 15 is 0 Å². The molecule has 0 bridgehead atoms. The second-order valence-corrected chi connectivity index (χ2v) is 8.37. The summed E-state index contributed by atoms with van der Waals surface area (Å²) in [5.74, 6) is -0.612. The van der Waals surface area contributed by atoms with Crippen LogP contribution >= 0.6 is 28.1 Å². The highest BCUT2D eigenvalue weighted by molar-refractivity contribution is 9.10. The minimum atomic E-state index is -0.485. The summed E-state index contributed by atoms with van der Waals surface area (Å²) in [5, 5.41) is 5.17. The summed E-state index contributed by atoms with van der Waals surface area (Å²) in [4.78, 5) is 36.5. The van der Waals surface area contributed by atoms with Crippen LogP contribution in [0.5, 0.6) is 5.75 Å². The summed E-state index contributed by atoms with van der Waals surface area (Å²) in [7, 11) is 0. The second kappa shape index (κ2) is 12.2. The van der Waals surface area contributed by atoms with Crippen molar-refractivity contribution in [1.29, 1.82) is 0 Å². The van der Waals surface area contributed by atoms with Crippen molar-refractivity contribution < 1.29 is 19.1 Å². The van der Waals surface area contributed by atoms with Crippen LogP contribution in [-0.2, 0) is 4.79 Å². The first kappa shape index (κ1) is 25.3. The molecule has 0 aliphatic heterocycles. The van der Waals surface area contributed by atoms with Gasteiger partial charge in [0.15, 0.2) is 5.11 Å². The number of hydrazine groups is 1. The fourth-order valence-electron chi connectivity index (χ4n) is 2.58. The van der Waals surface area contributed by atoms with Gasteiger partial charge in [-0.25, -0.2) is 0 Å². The third-order valence-corrected chi connectivity index (χ3v) is 4.67. The fraction of sp³-hybridized carbons (Fsp3) is 0.273. The SMILES string of the molecule is CCCC(=O)Nc1ccc(C(=O)NNC(=S)NC(=O)c2cc(Br)ccc2OC(C)C)cc1. The zero-order valence-corrected chi connectivity index (χ0v) is 20.4. The van der Waals surface area contributed by atoms with Crippen LogP contribution in [-0.4, -0.2) is 28.9 Å². The maximum atomic E-state index is 12.6. The number of anilines is 1. The van der Waals surface area contributed by atoms with E-state index in [9.17, 15) is 14.4 Å². The van der Waals surface area contributed by atoms with E-state index in [4.69, 9.17) is 17.0 Å². The van der Waals surface area contributed by atoms with E-state index in [1.165, 1.54) is 0 Å². The molecule has 4 N–H and O–H groups in total. The van der Waals surface area contributed by atoms with E-state index in [2.05, 4.69) is 37.4 Å². The molecule has 8 nitrogen and oxygen atoms in total. The van der Waals surface area contributed by atoms with Crippen molar-refractivity contribution in [1.82, 2.24) is 16.2 Å². The first-order valence-corrected chi connectivity index (χ1v) is 11.2. The number of hydrogen-bond acceptors (Lipinski definition) is 5. The summed E-state index contributed by atoms with van der Waals surface area (Å²) < 4.78 is 6.37. The van der Waals surface area contributed by atoms with Crippen molar-refractivity contribution >= 4 is 56.7 Å². The summed E-state index contributed by atoms with van der Waals surface area (Å²) in [6.07, 6.45) is 1.07. The Kier molecular flexibility index (Phi) is 9.61. The van der Waals surface area contributed by atoms with E-state index in [-0.39, 0.29) is 17.1 Å². The van der Waals surface area contributed by atoms with Gasteiger partial charge < -0.3 is 10.1 Å². The third kappa shape index (κ3) is 7.93. The number of amides is 3. The Balaban J connectivity index is 1.91. The van der Waals surface area contributed by atoms with Gasteiger partial charge >= 0.3 is 0 Å². The Morgan fingerprint density at radius 2 is 1.72 bits per heavy atom. The molecule has 0 aliphatic carbocycles. The molecule has 0 saturated heterocycles. The fourth-order valence-corrected chi connectivity index (χ4v) is 3.08. The molecule has 2 aromatic rings. The van der Waals surface area contributed by atoms with Crippen molar-refractivity contribution in [3.05, 3.63) is 58.1 Å². The third-order valence-electron chi connectivity index (χ3n) is 3.97. The number of thiocarbonyl (C=S) groups is 1. The molecule has 3 amide bonds. The summed E-state index contributed by atoms with van der Waals surface area (Å²) in [6.45, 7) is 5.64. The zero-order chi connectivity index (χ0) is 23.7. The number of benzene rings is 2. The summed E-state index contributed by atoms with van der Waals surface area (Å²) in [5.41, 5.74) is 6.16. The highest BCUT2D eigenvalue weighted by atomic mass is 79.9. The normalized spacial score (nSPS) is 10.3. The molecule has 0 fully saturated rings. The van der Waals surface area contributed by atoms with Crippen molar-refractivity contribution in [3.8, 4) is 5.75 Å². The van der Waals surface area contributed by atoms with E-state index in [1.807, 2.05) is 20.8 Å². The van der Waals surface area contributed by atoms with Gasteiger partial charge in [0, 0.05) is 22.1 Å². The molecule has 170 valence electrons. The predicted molar refractivity (Wildman–Crippen MR) is 131 cm³/mol. The number of rotatable bonds is 7. The molecular formula is C22H25BrN4O4S. The quantitative estimate of drug-likeness (QED) is 0.325. The van der Waals surface area contributed by atoms with Crippen molar-refractivity contribution in [2.75, 3.05) is 5.32 Å².